The van der Waals surface area contributed by atoms with Gasteiger partial charge in [0.25, 0.3) is 0 Å². The summed E-state index contributed by atoms with van der Waals surface area (Å²) in [4.78, 5) is 22.5. The maximum absolute atomic E-state index is 12.7. The van der Waals surface area contributed by atoms with Crippen LogP contribution in [0, 0.1) is 13.8 Å². The SMILES string of the molecule is Cc1nc(C2(NC(=O)Cc3nc(-c4cccs4)oc3C)CCCC2)no1. The number of thiophene rings is 1. The fourth-order valence-electron chi connectivity index (χ4n) is 3.44. The number of nitrogens with zero attached hydrogens (tertiary/aromatic N) is 3. The number of oxazole rings is 1. The first-order valence-electron chi connectivity index (χ1n) is 8.68. The summed E-state index contributed by atoms with van der Waals surface area (Å²) >= 11 is 1.56. The third kappa shape index (κ3) is 3.16. The summed E-state index contributed by atoms with van der Waals surface area (Å²) in [6.45, 7) is 3.59. The van der Waals surface area contributed by atoms with Crippen LogP contribution in [0.4, 0.5) is 0 Å². The van der Waals surface area contributed by atoms with Gasteiger partial charge in [0.05, 0.1) is 17.0 Å². The quantitative estimate of drug-likeness (QED) is 0.736. The molecule has 1 N–H and O–H groups in total. The molecule has 1 fully saturated rings. The van der Waals surface area contributed by atoms with Gasteiger partial charge in [-0.25, -0.2) is 4.98 Å². The first kappa shape index (κ1) is 17.0. The minimum atomic E-state index is -0.539. The van der Waals surface area contributed by atoms with Gasteiger partial charge in [-0.2, -0.15) is 4.98 Å². The third-order valence-electron chi connectivity index (χ3n) is 4.74. The molecule has 26 heavy (non-hydrogen) atoms. The molecule has 1 aliphatic rings. The van der Waals surface area contributed by atoms with Gasteiger partial charge < -0.3 is 14.3 Å². The van der Waals surface area contributed by atoms with Crippen molar-refractivity contribution < 1.29 is 13.7 Å². The molecule has 0 saturated heterocycles. The highest BCUT2D eigenvalue weighted by Gasteiger charge is 2.41. The summed E-state index contributed by atoms with van der Waals surface area (Å²) in [5.74, 6) is 2.19. The summed E-state index contributed by atoms with van der Waals surface area (Å²) in [6, 6.07) is 3.90. The molecule has 1 aliphatic carbocycles. The van der Waals surface area contributed by atoms with Gasteiger partial charge in [0.15, 0.2) is 5.82 Å². The van der Waals surface area contributed by atoms with Crippen molar-refractivity contribution >= 4 is 17.2 Å². The lowest BCUT2D eigenvalue weighted by molar-refractivity contribution is -0.122. The van der Waals surface area contributed by atoms with E-state index in [9.17, 15) is 4.79 Å². The molecule has 8 heteroatoms. The number of aromatic nitrogens is 3. The summed E-state index contributed by atoms with van der Waals surface area (Å²) in [5.41, 5.74) is 0.117. The second-order valence-corrected chi connectivity index (χ2v) is 7.60. The molecule has 1 amide bonds. The first-order valence-corrected chi connectivity index (χ1v) is 9.56. The molecule has 0 aromatic carbocycles. The second-order valence-electron chi connectivity index (χ2n) is 6.65. The van der Waals surface area contributed by atoms with Crippen LogP contribution in [0.1, 0.15) is 48.9 Å². The Morgan fingerprint density at radius 2 is 2.12 bits per heavy atom. The van der Waals surface area contributed by atoms with Crippen molar-refractivity contribution in [3.05, 3.63) is 40.7 Å². The van der Waals surface area contributed by atoms with E-state index in [2.05, 4.69) is 20.4 Å². The Balaban J connectivity index is 1.51. The van der Waals surface area contributed by atoms with Gasteiger partial charge in [0.1, 0.15) is 11.3 Å². The predicted molar refractivity (Wildman–Crippen MR) is 95.6 cm³/mol. The summed E-state index contributed by atoms with van der Waals surface area (Å²) < 4.78 is 10.8. The highest BCUT2D eigenvalue weighted by Crippen LogP contribution is 2.37. The smallest absolute Gasteiger partial charge is 0.236 e. The van der Waals surface area contributed by atoms with E-state index in [0.717, 1.165) is 30.6 Å². The van der Waals surface area contributed by atoms with Gasteiger partial charge in [0.2, 0.25) is 17.7 Å². The van der Waals surface area contributed by atoms with E-state index in [1.807, 2.05) is 24.4 Å². The van der Waals surface area contributed by atoms with Gasteiger partial charge >= 0.3 is 0 Å². The molecule has 3 aromatic heterocycles. The van der Waals surface area contributed by atoms with Crippen molar-refractivity contribution in [3.8, 4) is 10.8 Å². The van der Waals surface area contributed by atoms with E-state index >= 15 is 0 Å². The van der Waals surface area contributed by atoms with Crippen LogP contribution in [-0.2, 0) is 16.8 Å². The molecular formula is C18H20N4O3S. The molecule has 0 unspecified atom stereocenters. The van der Waals surface area contributed by atoms with E-state index in [-0.39, 0.29) is 12.3 Å². The minimum Gasteiger partial charge on any atom is -0.440 e. The fourth-order valence-corrected chi connectivity index (χ4v) is 4.09. The van der Waals surface area contributed by atoms with Crippen molar-refractivity contribution in [3.63, 3.8) is 0 Å². The number of carbonyl (C=O) groups is 1. The van der Waals surface area contributed by atoms with Gasteiger partial charge in [-0.05, 0) is 31.2 Å². The zero-order valence-corrected chi connectivity index (χ0v) is 15.6. The van der Waals surface area contributed by atoms with Crippen LogP contribution in [0.5, 0.6) is 0 Å². The summed E-state index contributed by atoms with van der Waals surface area (Å²) in [7, 11) is 0. The molecule has 3 heterocycles. The second kappa shape index (κ2) is 6.68. The standard InChI is InChI=1S/C18H20N4O3S/c1-11-13(20-16(24-11)14-6-5-9-26-14)10-15(23)21-18(7-3-4-8-18)17-19-12(2)25-22-17/h5-6,9H,3-4,7-8,10H2,1-2H3,(H,21,23). The van der Waals surface area contributed by atoms with E-state index in [0.29, 0.717) is 29.1 Å². The molecule has 0 radical (unpaired) electrons. The molecule has 4 rings (SSSR count). The first-order chi connectivity index (χ1) is 12.6. The van der Waals surface area contributed by atoms with Gasteiger partial charge in [-0.1, -0.05) is 24.1 Å². The lowest BCUT2D eigenvalue weighted by Crippen LogP contribution is -2.45. The molecule has 0 spiro atoms. The van der Waals surface area contributed by atoms with E-state index in [4.69, 9.17) is 8.94 Å². The molecule has 1 saturated carbocycles. The van der Waals surface area contributed by atoms with Crippen molar-refractivity contribution in [1.82, 2.24) is 20.4 Å². The molecule has 0 aliphatic heterocycles. The molecule has 3 aromatic rings. The summed E-state index contributed by atoms with van der Waals surface area (Å²) in [6.07, 6.45) is 3.85. The molecule has 136 valence electrons. The maximum Gasteiger partial charge on any atom is 0.236 e. The maximum atomic E-state index is 12.7. The Morgan fingerprint density at radius 3 is 2.77 bits per heavy atom. The van der Waals surface area contributed by atoms with Crippen LogP contribution in [0.15, 0.2) is 26.5 Å². The van der Waals surface area contributed by atoms with E-state index < -0.39 is 5.54 Å². The predicted octanol–water partition coefficient (Wildman–Crippen LogP) is 3.53. The molecule has 7 nitrogen and oxygen atoms in total. The topological polar surface area (TPSA) is 94.1 Å². The van der Waals surface area contributed by atoms with Crippen molar-refractivity contribution in [1.29, 1.82) is 0 Å². The minimum absolute atomic E-state index is 0.108. The highest BCUT2D eigenvalue weighted by atomic mass is 32.1. The lowest BCUT2D eigenvalue weighted by Gasteiger charge is -2.26. The summed E-state index contributed by atoms with van der Waals surface area (Å²) in [5, 5.41) is 9.16. The Hall–Kier alpha value is -2.48. The number of nitrogens with one attached hydrogen (secondary N) is 1. The van der Waals surface area contributed by atoms with Gasteiger partial charge in [-0.3, -0.25) is 4.79 Å². The zero-order chi connectivity index (χ0) is 18.1. The number of aryl methyl sites for hydroxylation is 2. The van der Waals surface area contributed by atoms with Crippen LogP contribution >= 0.6 is 11.3 Å². The third-order valence-corrected chi connectivity index (χ3v) is 5.60. The number of hydrogen-bond acceptors (Lipinski definition) is 7. The lowest BCUT2D eigenvalue weighted by atomic mass is 9.96. The van der Waals surface area contributed by atoms with Gasteiger partial charge in [0, 0.05) is 6.92 Å². The van der Waals surface area contributed by atoms with E-state index in [1.54, 1.807) is 18.3 Å². The average Bonchev–Trinajstić information content (AvgIpc) is 3.36. The zero-order valence-electron chi connectivity index (χ0n) is 14.7. The van der Waals surface area contributed by atoms with Crippen molar-refractivity contribution in [2.24, 2.45) is 0 Å². The average molecular weight is 372 g/mol. The van der Waals surface area contributed by atoms with Crippen LogP contribution in [0.3, 0.4) is 0 Å². The monoisotopic (exact) mass is 372 g/mol. The number of hydrogen-bond donors (Lipinski definition) is 1. The molecule has 0 bridgehead atoms. The number of rotatable bonds is 5. The van der Waals surface area contributed by atoms with Crippen LogP contribution in [0.25, 0.3) is 10.8 Å². The highest BCUT2D eigenvalue weighted by molar-refractivity contribution is 7.13. The largest absolute Gasteiger partial charge is 0.440 e. The van der Waals surface area contributed by atoms with E-state index in [1.165, 1.54) is 0 Å². The Labute approximate surface area is 154 Å². The van der Waals surface area contributed by atoms with Crippen molar-refractivity contribution in [2.75, 3.05) is 0 Å². The normalized spacial score (nSPS) is 16.1. The number of carbonyl (C=O) groups excluding carboxylic acids is 1. The van der Waals surface area contributed by atoms with Crippen LogP contribution in [0.2, 0.25) is 0 Å². The van der Waals surface area contributed by atoms with Gasteiger partial charge in [-0.15, -0.1) is 11.3 Å². The Kier molecular flexibility index (Phi) is 4.36. The molecule has 0 atom stereocenters. The van der Waals surface area contributed by atoms with Crippen LogP contribution in [-0.4, -0.2) is 21.0 Å². The fraction of sp³-hybridized carbons (Fsp3) is 0.444. The van der Waals surface area contributed by atoms with Crippen LogP contribution < -0.4 is 5.32 Å². The number of amides is 1. The Morgan fingerprint density at radius 1 is 1.31 bits per heavy atom. The van der Waals surface area contributed by atoms with Crippen molar-refractivity contribution in [2.45, 2.75) is 51.5 Å². The molecular weight excluding hydrogens is 352 g/mol. The Bertz CT molecular complexity index is 907.